The normalized spacial score (nSPS) is 15.1. The van der Waals surface area contributed by atoms with Crippen LogP contribution in [0.1, 0.15) is 30.6 Å². The van der Waals surface area contributed by atoms with Crippen molar-refractivity contribution in [3.63, 3.8) is 0 Å². The Morgan fingerprint density at radius 3 is 2.66 bits per heavy atom. The highest BCUT2D eigenvalue weighted by Crippen LogP contribution is 2.31. The Labute approximate surface area is 177 Å². The Morgan fingerprint density at radius 2 is 1.93 bits per heavy atom. The molecule has 0 N–H and O–H groups in total. The van der Waals surface area contributed by atoms with Crippen molar-refractivity contribution in [1.29, 1.82) is 0 Å². The lowest BCUT2D eigenvalue weighted by molar-refractivity contribution is 0.0989. The van der Waals surface area contributed by atoms with E-state index in [1.807, 2.05) is 35.2 Å². The van der Waals surface area contributed by atoms with Crippen molar-refractivity contribution in [3.8, 4) is 11.3 Å². The summed E-state index contributed by atoms with van der Waals surface area (Å²) in [7, 11) is 0. The lowest BCUT2D eigenvalue weighted by Gasteiger charge is -2.44. The maximum Gasteiger partial charge on any atom is 0.255 e. The van der Waals surface area contributed by atoms with Gasteiger partial charge in [0.2, 0.25) is 5.95 Å². The van der Waals surface area contributed by atoms with Crippen LogP contribution in [0, 0.1) is 0 Å². The van der Waals surface area contributed by atoms with E-state index in [0.717, 1.165) is 16.5 Å². The lowest BCUT2D eigenvalue weighted by Crippen LogP contribution is -2.53. The van der Waals surface area contributed by atoms with Gasteiger partial charge < -0.3 is 4.90 Å². The number of carbonyl (C=O) groups is 1. The molecule has 6 nitrogen and oxygen atoms in total. The number of nitrogens with zero attached hydrogens (tertiary/aromatic N) is 4. The van der Waals surface area contributed by atoms with Crippen LogP contribution in [0.3, 0.4) is 0 Å². The number of Topliss-reactive ketones (excluding diaryl/α,β-unsaturated/α-hetero) is 1. The number of anilines is 1. The fourth-order valence-corrected chi connectivity index (χ4v) is 3.95. The molecule has 29 heavy (non-hydrogen) atoms. The molecule has 0 amide bonds. The van der Waals surface area contributed by atoms with Crippen molar-refractivity contribution >= 4 is 27.7 Å². The van der Waals surface area contributed by atoms with E-state index in [9.17, 15) is 9.59 Å². The molecule has 148 valence electrons. The highest BCUT2D eigenvalue weighted by atomic mass is 79.9. The maximum atomic E-state index is 13.0. The molecule has 4 rings (SSSR count). The maximum absolute atomic E-state index is 13.0. The van der Waals surface area contributed by atoms with Gasteiger partial charge in [-0.1, -0.05) is 28.1 Å². The number of pyridine rings is 1. The first-order valence-corrected chi connectivity index (χ1v) is 10.2. The van der Waals surface area contributed by atoms with Gasteiger partial charge in [0, 0.05) is 46.1 Å². The smallest absolute Gasteiger partial charge is 0.255 e. The minimum atomic E-state index is -0.308. The van der Waals surface area contributed by atoms with Crippen LogP contribution in [0.2, 0.25) is 0 Å². The topological polar surface area (TPSA) is 68.1 Å². The zero-order chi connectivity index (χ0) is 20.6. The van der Waals surface area contributed by atoms with Crippen LogP contribution < -0.4 is 10.5 Å². The molecule has 7 heteroatoms. The molecule has 3 heterocycles. The van der Waals surface area contributed by atoms with Gasteiger partial charge in [-0.2, -0.15) is 0 Å². The highest BCUT2D eigenvalue weighted by Gasteiger charge is 2.36. The van der Waals surface area contributed by atoms with Gasteiger partial charge in [0.05, 0.1) is 12.2 Å². The zero-order valence-electron chi connectivity index (χ0n) is 16.3. The molecule has 0 fully saturated rings. The quantitative estimate of drug-likeness (QED) is 0.560. The average molecular weight is 453 g/mol. The van der Waals surface area contributed by atoms with Crippen molar-refractivity contribution in [2.24, 2.45) is 0 Å². The van der Waals surface area contributed by atoms with Gasteiger partial charge in [-0.3, -0.25) is 19.1 Å². The molecule has 0 unspecified atom stereocenters. The number of hydrogen-bond acceptors (Lipinski definition) is 5. The lowest BCUT2D eigenvalue weighted by atomic mass is 9.95. The third-order valence-corrected chi connectivity index (χ3v) is 5.83. The predicted octanol–water partition coefficient (Wildman–Crippen LogP) is 3.94. The van der Waals surface area contributed by atoms with E-state index >= 15 is 0 Å². The number of benzene rings is 1. The molecule has 0 aliphatic carbocycles. The van der Waals surface area contributed by atoms with Crippen LogP contribution in [-0.2, 0) is 6.54 Å². The van der Waals surface area contributed by atoms with Gasteiger partial charge in [-0.25, -0.2) is 4.98 Å². The number of ketones is 1. The zero-order valence-corrected chi connectivity index (χ0v) is 17.9. The highest BCUT2D eigenvalue weighted by molar-refractivity contribution is 9.10. The molecular formula is C22H21BrN4O2. The third-order valence-electron chi connectivity index (χ3n) is 5.33. The molecule has 0 radical (unpaired) electrons. The molecule has 0 spiro atoms. The summed E-state index contributed by atoms with van der Waals surface area (Å²) < 4.78 is 2.51. The molecule has 0 bridgehead atoms. The third kappa shape index (κ3) is 3.87. The number of aromatic nitrogens is 3. The Balaban J connectivity index is 1.77. The number of fused-ring (bicyclic) bond motifs is 1. The predicted molar refractivity (Wildman–Crippen MR) is 116 cm³/mol. The largest absolute Gasteiger partial charge is 0.329 e. The van der Waals surface area contributed by atoms with Crippen molar-refractivity contribution in [2.45, 2.75) is 32.4 Å². The number of hydrogen-bond donors (Lipinski definition) is 0. The standard InChI is InChI=1S/C22H21BrN4O2/c1-22(2)8-11-26-20(29)13-18(15-6-9-24-10-7-15)25-21(26)27(22)14-19(28)16-4-3-5-17(23)12-16/h3-7,9-10,12-13H,8,11,14H2,1-2H3. The Hall–Kier alpha value is -2.80. The first-order chi connectivity index (χ1) is 13.8. The fourth-order valence-electron chi connectivity index (χ4n) is 3.55. The second-order valence-corrected chi connectivity index (χ2v) is 8.66. The summed E-state index contributed by atoms with van der Waals surface area (Å²) >= 11 is 3.42. The summed E-state index contributed by atoms with van der Waals surface area (Å²) in [6, 6.07) is 12.5. The van der Waals surface area contributed by atoms with Crippen molar-refractivity contribution < 1.29 is 4.79 Å². The van der Waals surface area contributed by atoms with E-state index < -0.39 is 0 Å². The Bertz CT molecular complexity index is 1130. The fraction of sp³-hybridized carbons (Fsp3) is 0.273. The van der Waals surface area contributed by atoms with E-state index in [0.29, 0.717) is 23.8 Å². The number of rotatable bonds is 4. The van der Waals surface area contributed by atoms with Crippen LogP contribution in [0.5, 0.6) is 0 Å². The van der Waals surface area contributed by atoms with Crippen LogP contribution in [0.15, 0.2) is 64.1 Å². The van der Waals surface area contributed by atoms with E-state index in [1.54, 1.807) is 29.1 Å². The van der Waals surface area contributed by atoms with E-state index in [-0.39, 0.29) is 23.4 Å². The van der Waals surface area contributed by atoms with E-state index in [1.165, 1.54) is 0 Å². The minimum absolute atomic E-state index is 0.0172. The van der Waals surface area contributed by atoms with Crippen LogP contribution in [0.25, 0.3) is 11.3 Å². The monoisotopic (exact) mass is 452 g/mol. The van der Waals surface area contributed by atoms with Crippen LogP contribution in [0.4, 0.5) is 5.95 Å². The summed E-state index contributed by atoms with van der Waals surface area (Å²) in [5.74, 6) is 0.514. The summed E-state index contributed by atoms with van der Waals surface area (Å²) in [6.45, 7) is 4.88. The summed E-state index contributed by atoms with van der Waals surface area (Å²) in [5.41, 5.74) is 1.61. The van der Waals surface area contributed by atoms with Crippen LogP contribution in [-0.4, -0.2) is 32.4 Å². The second kappa shape index (κ2) is 7.55. The van der Waals surface area contributed by atoms with Gasteiger partial charge in [0.25, 0.3) is 5.56 Å². The Morgan fingerprint density at radius 1 is 1.17 bits per heavy atom. The first-order valence-electron chi connectivity index (χ1n) is 9.44. The van der Waals surface area contributed by atoms with Gasteiger partial charge in [0.1, 0.15) is 0 Å². The van der Waals surface area contributed by atoms with Crippen molar-refractivity contribution in [2.75, 3.05) is 11.4 Å². The van der Waals surface area contributed by atoms with E-state index in [2.05, 4.69) is 34.8 Å². The van der Waals surface area contributed by atoms with Gasteiger partial charge in [-0.05, 0) is 44.5 Å². The molecule has 1 aromatic carbocycles. The summed E-state index contributed by atoms with van der Waals surface area (Å²) in [6.07, 6.45) is 4.10. The van der Waals surface area contributed by atoms with Crippen LogP contribution >= 0.6 is 15.9 Å². The molecule has 2 aromatic heterocycles. The SMILES string of the molecule is CC1(C)CCn2c(nc(-c3ccncc3)cc2=O)N1CC(=O)c1cccc(Br)c1. The minimum Gasteiger partial charge on any atom is -0.329 e. The molecule has 0 saturated heterocycles. The number of carbonyl (C=O) groups excluding carboxylic acids is 1. The second-order valence-electron chi connectivity index (χ2n) is 7.75. The van der Waals surface area contributed by atoms with Gasteiger partial charge >= 0.3 is 0 Å². The molecule has 1 aliphatic heterocycles. The molecule has 3 aromatic rings. The van der Waals surface area contributed by atoms with Crippen molar-refractivity contribution in [1.82, 2.24) is 14.5 Å². The molecule has 0 saturated carbocycles. The average Bonchev–Trinajstić information content (AvgIpc) is 2.70. The van der Waals surface area contributed by atoms with Crippen molar-refractivity contribution in [3.05, 3.63) is 75.2 Å². The number of halogens is 1. The van der Waals surface area contributed by atoms with Gasteiger partial charge in [-0.15, -0.1) is 0 Å². The van der Waals surface area contributed by atoms with E-state index in [4.69, 9.17) is 4.98 Å². The first kappa shape index (κ1) is 19.5. The molecule has 1 aliphatic rings. The van der Waals surface area contributed by atoms with Gasteiger partial charge in [0.15, 0.2) is 5.78 Å². The summed E-state index contributed by atoms with van der Waals surface area (Å²) in [5, 5.41) is 0. The Kier molecular flexibility index (Phi) is 5.08. The summed E-state index contributed by atoms with van der Waals surface area (Å²) in [4.78, 5) is 36.6. The molecular weight excluding hydrogens is 432 g/mol. The molecule has 0 atom stereocenters.